The van der Waals surface area contributed by atoms with Gasteiger partial charge in [-0.25, -0.2) is 9.37 Å². The minimum absolute atomic E-state index is 0.302. The lowest BCUT2D eigenvalue weighted by Gasteiger charge is -2.12. The number of para-hydroxylation sites is 2. The molecule has 0 bridgehead atoms. The first-order valence-corrected chi connectivity index (χ1v) is 7.20. The van der Waals surface area contributed by atoms with Crippen molar-refractivity contribution in [1.82, 2.24) is 14.9 Å². The SMILES string of the molecule is Cn1c(CNCC(O)c2ccc(F)cc2)nc2ccccc21. The first-order chi connectivity index (χ1) is 10.6. The Hall–Kier alpha value is -2.24. The summed E-state index contributed by atoms with van der Waals surface area (Å²) in [5.74, 6) is 0.608. The molecule has 2 aromatic carbocycles. The predicted octanol–water partition coefficient (Wildman–Crippen LogP) is 2.54. The fraction of sp³-hybridized carbons (Fsp3) is 0.235. The average molecular weight is 299 g/mol. The molecular formula is C17H18FN3O. The highest BCUT2D eigenvalue weighted by atomic mass is 19.1. The molecule has 0 spiro atoms. The standard InChI is InChI=1S/C17H18FN3O/c1-21-15-5-3-2-4-14(15)20-17(21)11-19-10-16(22)12-6-8-13(18)9-7-12/h2-9,16,19,22H,10-11H2,1H3. The summed E-state index contributed by atoms with van der Waals surface area (Å²) in [4.78, 5) is 4.56. The molecule has 5 heteroatoms. The number of fused-ring (bicyclic) bond motifs is 1. The Labute approximate surface area is 128 Å². The van der Waals surface area contributed by atoms with Crippen LogP contribution in [0.4, 0.5) is 4.39 Å². The molecule has 0 fully saturated rings. The number of nitrogens with zero attached hydrogens (tertiary/aromatic N) is 2. The van der Waals surface area contributed by atoms with Crippen LogP contribution in [-0.2, 0) is 13.6 Å². The summed E-state index contributed by atoms with van der Waals surface area (Å²) < 4.78 is 14.9. The van der Waals surface area contributed by atoms with Gasteiger partial charge in [0.2, 0.25) is 0 Å². The minimum Gasteiger partial charge on any atom is -0.387 e. The van der Waals surface area contributed by atoms with Crippen LogP contribution in [0, 0.1) is 5.82 Å². The molecule has 0 radical (unpaired) electrons. The highest BCUT2D eigenvalue weighted by molar-refractivity contribution is 5.75. The molecule has 1 unspecified atom stereocenters. The summed E-state index contributed by atoms with van der Waals surface area (Å²) in [5, 5.41) is 13.3. The molecule has 0 aliphatic rings. The molecule has 1 heterocycles. The second-order valence-corrected chi connectivity index (χ2v) is 5.27. The highest BCUT2D eigenvalue weighted by Crippen LogP contribution is 2.15. The van der Waals surface area contributed by atoms with Crippen molar-refractivity contribution >= 4 is 11.0 Å². The summed E-state index contributed by atoms with van der Waals surface area (Å²) >= 11 is 0. The molecule has 0 saturated heterocycles. The zero-order chi connectivity index (χ0) is 15.5. The Morgan fingerprint density at radius 1 is 1.18 bits per heavy atom. The van der Waals surface area contributed by atoms with Gasteiger partial charge < -0.3 is 15.0 Å². The van der Waals surface area contributed by atoms with Crippen molar-refractivity contribution in [3.05, 3.63) is 65.7 Å². The van der Waals surface area contributed by atoms with Gasteiger partial charge in [0.15, 0.2) is 0 Å². The summed E-state index contributed by atoms with van der Waals surface area (Å²) in [6.07, 6.45) is -0.671. The van der Waals surface area contributed by atoms with Crippen molar-refractivity contribution in [1.29, 1.82) is 0 Å². The molecule has 3 rings (SSSR count). The first-order valence-electron chi connectivity index (χ1n) is 7.20. The minimum atomic E-state index is -0.671. The van der Waals surface area contributed by atoms with E-state index in [0.717, 1.165) is 16.9 Å². The Morgan fingerprint density at radius 2 is 1.91 bits per heavy atom. The van der Waals surface area contributed by atoms with Gasteiger partial charge in [-0.3, -0.25) is 0 Å². The Bertz CT molecular complexity index is 767. The molecule has 0 saturated carbocycles. The summed E-state index contributed by atoms with van der Waals surface area (Å²) in [6, 6.07) is 13.8. The normalized spacial score (nSPS) is 12.7. The van der Waals surface area contributed by atoms with Gasteiger partial charge in [0.1, 0.15) is 11.6 Å². The third-order valence-corrected chi connectivity index (χ3v) is 3.76. The molecule has 114 valence electrons. The third-order valence-electron chi connectivity index (χ3n) is 3.76. The maximum Gasteiger partial charge on any atom is 0.123 e. The quantitative estimate of drug-likeness (QED) is 0.761. The van der Waals surface area contributed by atoms with E-state index < -0.39 is 6.10 Å². The van der Waals surface area contributed by atoms with Gasteiger partial charge in [0.25, 0.3) is 0 Å². The molecule has 3 aromatic rings. The number of aromatic nitrogens is 2. The van der Waals surface area contributed by atoms with Gasteiger partial charge in [0.05, 0.1) is 23.7 Å². The maximum absolute atomic E-state index is 12.9. The largest absolute Gasteiger partial charge is 0.387 e. The lowest BCUT2D eigenvalue weighted by atomic mass is 10.1. The van der Waals surface area contributed by atoms with E-state index in [1.165, 1.54) is 12.1 Å². The van der Waals surface area contributed by atoms with Crippen LogP contribution >= 0.6 is 0 Å². The third kappa shape index (κ3) is 3.00. The van der Waals surface area contributed by atoms with Gasteiger partial charge in [-0.2, -0.15) is 0 Å². The lowest BCUT2D eigenvalue weighted by molar-refractivity contribution is 0.174. The molecule has 1 atom stereocenters. The van der Waals surface area contributed by atoms with Crippen LogP contribution < -0.4 is 5.32 Å². The van der Waals surface area contributed by atoms with Gasteiger partial charge in [-0.05, 0) is 29.8 Å². The van der Waals surface area contributed by atoms with E-state index in [2.05, 4.69) is 10.3 Å². The number of hydrogen-bond donors (Lipinski definition) is 2. The van der Waals surface area contributed by atoms with Crippen molar-refractivity contribution < 1.29 is 9.50 Å². The highest BCUT2D eigenvalue weighted by Gasteiger charge is 2.10. The number of halogens is 1. The average Bonchev–Trinajstić information content (AvgIpc) is 2.85. The van der Waals surface area contributed by atoms with E-state index in [-0.39, 0.29) is 5.82 Å². The number of benzene rings is 2. The Kier molecular flexibility index (Phi) is 4.18. The van der Waals surface area contributed by atoms with E-state index >= 15 is 0 Å². The monoisotopic (exact) mass is 299 g/mol. The number of aliphatic hydroxyl groups is 1. The van der Waals surface area contributed by atoms with Crippen LogP contribution in [0.25, 0.3) is 11.0 Å². The van der Waals surface area contributed by atoms with Gasteiger partial charge >= 0.3 is 0 Å². The fourth-order valence-corrected chi connectivity index (χ4v) is 2.48. The van der Waals surface area contributed by atoms with Crippen molar-refractivity contribution in [2.45, 2.75) is 12.6 Å². The second-order valence-electron chi connectivity index (χ2n) is 5.27. The van der Waals surface area contributed by atoms with Gasteiger partial charge in [0, 0.05) is 13.6 Å². The Balaban J connectivity index is 1.62. The lowest BCUT2D eigenvalue weighted by Crippen LogP contribution is -2.22. The number of hydrogen-bond acceptors (Lipinski definition) is 3. The van der Waals surface area contributed by atoms with Crippen LogP contribution in [0.2, 0.25) is 0 Å². The fourth-order valence-electron chi connectivity index (χ4n) is 2.48. The number of nitrogens with one attached hydrogen (secondary N) is 1. The summed E-state index contributed by atoms with van der Waals surface area (Å²) in [6.45, 7) is 0.943. The molecular weight excluding hydrogens is 281 g/mol. The van der Waals surface area contributed by atoms with Crippen LogP contribution in [0.5, 0.6) is 0 Å². The predicted molar refractivity (Wildman–Crippen MR) is 83.8 cm³/mol. The summed E-state index contributed by atoms with van der Waals surface area (Å²) in [7, 11) is 1.97. The Morgan fingerprint density at radius 3 is 2.64 bits per heavy atom. The van der Waals surface area contributed by atoms with Crippen molar-refractivity contribution in [3.8, 4) is 0 Å². The van der Waals surface area contributed by atoms with E-state index in [0.29, 0.717) is 18.7 Å². The van der Waals surface area contributed by atoms with Gasteiger partial charge in [-0.1, -0.05) is 24.3 Å². The van der Waals surface area contributed by atoms with Crippen LogP contribution in [0.15, 0.2) is 48.5 Å². The van der Waals surface area contributed by atoms with E-state index in [9.17, 15) is 9.50 Å². The van der Waals surface area contributed by atoms with Crippen LogP contribution in [0.3, 0.4) is 0 Å². The molecule has 0 aliphatic heterocycles. The number of imidazole rings is 1. The molecule has 22 heavy (non-hydrogen) atoms. The van der Waals surface area contributed by atoms with Crippen molar-refractivity contribution in [2.24, 2.45) is 7.05 Å². The second kappa shape index (κ2) is 6.25. The topological polar surface area (TPSA) is 50.1 Å². The van der Waals surface area contributed by atoms with Gasteiger partial charge in [-0.15, -0.1) is 0 Å². The molecule has 4 nitrogen and oxygen atoms in total. The number of aryl methyl sites for hydroxylation is 1. The van der Waals surface area contributed by atoms with E-state index in [4.69, 9.17) is 0 Å². The van der Waals surface area contributed by atoms with E-state index in [1.54, 1.807) is 12.1 Å². The summed E-state index contributed by atoms with van der Waals surface area (Å²) in [5.41, 5.74) is 2.73. The molecule has 0 aliphatic carbocycles. The molecule has 2 N–H and O–H groups in total. The zero-order valence-electron chi connectivity index (χ0n) is 12.3. The van der Waals surface area contributed by atoms with Crippen molar-refractivity contribution in [3.63, 3.8) is 0 Å². The molecule has 0 amide bonds. The first kappa shape index (κ1) is 14.7. The van der Waals surface area contributed by atoms with E-state index in [1.807, 2.05) is 35.9 Å². The zero-order valence-corrected chi connectivity index (χ0v) is 12.3. The molecule has 1 aromatic heterocycles. The number of rotatable bonds is 5. The van der Waals surface area contributed by atoms with Crippen LogP contribution in [0.1, 0.15) is 17.5 Å². The van der Waals surface area contributed by atoms with Crippen LogP contribution in [-0.4, -0.2) is 21.2 Å². The smallest absolute Gasteiger partial charge is 0.123 e. The number of aliphatic hydroxyl groups excluding tert-OH is 1. The maximum atomic E-state index is 12.9. The van der Waals surface area contributed by atoms with Crippen molar-refractivity contribution in [2.75, 3.05) is 6.54 Å².